The van der Waals surface area contributed by atoms with Gasteiger partial charge in [-0.1, -0.05) is 55.5 Å². The monoisotopic (exact) mass is 466 g/mol. The number of carboxylic acids is 1. The molecule has 3 unspecified atom stereocenters. The van der Waals surface area contributed by atoms with Crippen LogP contribution in [0.3, 0.4) is 0 Å². The van der Waals surface area contributed by atoms with Crippen LogP contribution in [0.2, 0.25) is 0 Å². The van der Waals surface area contributed by atoms with Crippen molar-refractivity contribution in [3.05, 3.63) is 59.7 Å². The van der Waals surface area contributed by atoms with Crippen LogP contribution in [0.25, 0.3) is 11.1 Å². The van der Waals surface area contributed by atoms with Crippen molar-refractivity contribution in [2.24, 2.45) is 0 Å². The molecule has 4 rings (SSSR count). The van der Waals surface area contributed by atoms with Crippen LogP contribution in [0.4, 0.5) is 4.79 Å². The molecule has 3 atom stereocenters. The van der Waals surface area contributed by atoms with E-state index in [1.54, 1.807) is 0 Å². The summed E-state index contributed by atoms with van der Waals surface area (Å²) in [4.78, 5) is 36.0. The first kappa shape index (κ1) is 23.8. The zero-order chi connectivity index (χ0) is 24.1. The number of hydrogen-bond acceptors (Lipinski definition) is 5. The Morgan fingerprint density at radius 1 is 1.09 bits per heavy atom. The van der Waals surface area contributed by atoms with E-state index in [0.29, 0.717) is 25.9 Å². The van der Waals surface area contributed by atoms with E-state index in [1.165, 1.54) is 11.1 Å². The summed E-state index contributed by atoms with van der Waals surface area (Å²) >= 11 is 0. The molecule has 1 saturated heterocycles. The number of hydrogen-bond donors (Lipinski definition) is 3. The molecule has 1 aliphatic heterocycles. The van der Waals surface area contributed by atoms with E-state index in [-0.39, 0.29) is 30.9 Å². The van der Waals surface area contributed by atoms with Gasteiger partial charge in [-0.3, -0.25) is 4.79 Å². The molecule has 3 N–H and O–H groups in total. The normalized spacial score (nSPS) is 19.7. The van der Waals surface area contributed by atoms with Crippen molar-refractivity contribution in [3.8, 4) is 11.1 Å². The first-order valence-electron chi connectivity index (χ1n) is 11.7. The quantitative estimate of drug-likeness (QED) is 0.522. The summed E-state index contributed by atoms with van der Waals surface area (Å²) in [5.74, 6) is -1.35. The number of rotatable bonds is 9. The summed E-state index contributed by atoms with van der Waals surface area (Å²) in [6.45, 7) is 2.47. The molecule has 2 amide bonds. The van der Waals surface area contributed by atoms with Crippen molar-refractivity contribution in [2.75, 3.05) is 13.2 Å². The fraction of sp³-hybridized carbons (Fsp3) is 0.423. The summed E-state index contributed by atoms with van der Waals surface area (Å²) in [6.07, 6.45) is 0.192. The molecule has 1 aliphatic carbocycles. The van der Waals surface area contributed by atoms with Gasteiger partial charge in [0.15, 0.2) is 6.10 Å². The Morgan fingerprint density at radius 3 is 2.35 bits per heavy atom. The fourth-order valence-corrected chi connectivity index (χ4v) is 4.75. The number of carbonyl (C=O) groups is 3. The molecule has 2 aromatic carbocycles. The van der Waals surface area contributed by atoms with Crippen molar-refractivity contribution < 1.29 is 29.0 Å². The second-order valence-electron chi connectivity index (χ2n) is 8.71. The van der Waals surface area contributed by atoms with Crippen LogP contribution in [-0.4, -0.2) is 54.5 Å². The van der Waals surface area contributed by atoms with Crippen molar-refractivity contribution in [2.45, 2.75) is 56.7 Å². The zero-order valence-corrected chi connectivity index (χ0v) is 19.2. The lowest BCUT2D eigenvalue weighted by Gasteiger charge is -2.20. The molecule has 2 aromatic rings. The Labute approximate surface area is 198 Å². The highest BCUT2D eigenvalue weighted by atomic mass is 16.5. The molecule has 0 radical (unpaired) electrons. The van der Waals surface area contributed by atoms with Gasteiger partial charge in [-0.05, 0) is 41.5 Å². The summed E-state index contributed by atoms with van der Waals surface area (Å²) in [5.41, 5.74) is 4.64. The van der Waals surface area contributed by atoms with E-state index < -0.39 is 24.2 Å². The Bertz CT molecular complexity index is 1010. The Balaban J connectivity index is 1.26. The standard InChI is InChI=1S/C26H30N2O6/c1-2-16(11-12-23(29)28-22-13-14-33-24(22)25(30)31)27-26(32)34-15-21-19-9-5-3-7-17(19)18-8-4-6-10-20(18)21/h3-10,16,21-22,24H,2,11-15H2,1H3,(H,27,32)(H,28,29)(H,30,31). The van der Waals surface area contributed by atoms with Gasteiger partial charge in [-0.2, -0.15) is 0 Å². The van der Waals surface area contributed by atoms with Gasteiger partial charge >= 0.3 is 12.1 Å². The van der Waals surface area contributed by atoms with Crippen molar-refractivity contribution in [1.82, 2.24) is 10.6 Å². The van der Waals surface area contributed by atoms with Gasteiger partial charge in [-0.25, -0.2) is 9.59 Å². The minimum atomic E-state index is -1.08. The molecule has 8 nitrogen and oxygen atoms in total. The Morgan fingerprint density at radius 2 is 1.74 bits per heavy atom. The second-order valence-corrected chi connectivity index (χ2v) is 8.71. The fourth-order valence-electron chi connectivity index (χ4n) is 4.75. The largest absolute Gasteiger partial charge is 0.479 e. The minimum Gasteiger partial charge on any atom is -0.479 e. The van der Waals surface area contributed by atoms with Gasteiger partial charge in [0.2, 0.25) is 5.91 Å². The van der Waals surface area contributed by atoms with Gasteiger partial charge < -0.3 is 25.2 Å². The average Bonchev–Trinajstić information content (AvgIpc) is 3.43. The third-order valence-corrected chi connectivity index (χ3v) is 6.56. The molecule has 1 fully saturated rings. The van der Waals surface area contributed by atoms with Gasteiger partial charge in [-0.15, -0.1) is 0 Å². The topological polar surface area (TPSA) is 114 Å². The maximum absolute atomic E-state index is 12.5. The van der Waals surface area contributed by atoms with E-state index in [4.69, 9.17) is 14.6 Å². The lowest BCUT2D eigenvalue weighted by molar-refractivity contribution is -0.148. The van der Waals surface area contributed by atoms with Gasteiger partial charge in [0.1, 0.15) is 6.61 Å². The van der Waals surface area contributed by atoms with Crippen molar-refractivity contribution in [3.63, 3.8) is 0 Å². The van der Waals surface area contributed by atoms with E-state index in [0.717, 1.165) is 11.1 Å². The molecule has 34 heavy (non-hydrogen) atoms. The predicted octanol–water partition coefficient (Wildman–Crippen LogP) is 3.44. The number of carbonyl (C=O) groups excluding carboxylic acids is 2. The smallest absolute Gasteiger partial charge is 0.407 e. The highest BCUT2D eigenvalue weighted by Gasteiger charge is 2.35. The second kappa shape index (κ2) is 10.7. The summed E-state index contributed by atoms with van der Waals surface area (Å²) in [6, 6.07) is 15.6. The van der Waals surface area contributed by atoms with Crippen LogP contribution in [0.15, 0.2) is 48.5 Å². The van der Waals surface area contributed by atoms with Gasteiger partial charge in [0.05, 0.1) is 6.04 Å². The third kappa shape index (κ3) is 5.22. The predicted molar refractivity (Wildman–Crippen MR) is 125 cm³/mol. The lowest BCUT2D eigenvalue weighted by Crippen LogP contribution is -2.44. The molecule has 0 bridgehead atoms. The Hall–Kier alpha value is -3.39. The van der Waals surface area contributed by atoms with Crippen molar-refractivity contribution in [1.29, 1.82) is 0 Å². The maximum Gasteiger partial charge on any atom is 0.407 e. The first-order chi connectivity index (χ1) is 16.5. The number of benzene rings is 2. The van der Waals surface area contributed by atoms with Crippen LogP contribution < -0.4 is 10.6 Å². The molecule has 180 valence electrons. The zero-order valence-electron chi connectivity index (χ0n) is 19.2. The molecular formula is C26H30N2O6. The highest BCUT2D eigenvalue weighted by Crippen LogP contribution is 2.44. The number of fused-ring (bicyclic) bond motifs is 3. The first-order valence-corrected chi connectivity index (χ1v) is 11.7. The molecular weight excluding hydrogens is 436 g/mol. The molecule has 2 aliphatic rings. The molecule has 0 aromatic heterocycles. The number of amides is 2. The van der Waals surface area contributed by atoms with E-state index in [2.05, 4.69) is 34.9 Å². The summed E-state index contributed by atoms with van der Waals surface area (Å²) < 4.78 is 10.7. The number of alkyl carbamates (subject to hydrolysis) is 1. The molecule has 0 spiro atoms. The molecule has 1 heterocycles. The number of ether oxygens (including phenoxy) is 2. The maximum atomic E-state index is 12.5. The van der Waals surface area contributed by atoms with Crippen LogP contribution in [-0.2, 0) is 19.1 Å². The molecule has 8 heteroatoms. The Kier molecular flexibility index (Phi) is 7.47. The average molecular weight is 467 g/mol. The van der Waals surface area contributed by atoms with Crippen LogP contribution >= 0.6 is 0 Å². The van der Waals surface area contributed by atoms with Gasteiger partial charge in [0, 0.05) is 25.0 Å². The van der Waals surface area contributed by atoms with Crippen LogP contribution in [0.5, 0.6) is 0 Å². The van der Waals surface area contributed by atoms with E-state index in [1.807, 2.05) is 31.2 Å². The summed E-state index contributed by atoms with van der Waals surface area (Å²) in [5, 5.41) is 14.7. The van der Waals surface area contributed by atoms with Crippen LogP contribution in [0, 0.1) is 0 Å². The van der Waals surface area contributed by atoms with Gasteiger partial charge in [0.25, 0.3) is 0 Å². The SMILES string of the molecule is CCC(CCC(=O)NC1CCOC1C(=O)O)NC(=O)OCC1c2ccccc2-c2ccccc21. The third-order valence-electron chi connectivity index (χ3n) is 6.56. The van der Waals surface area contributed by atoms with Crippen LogP contribution in [0.1, 0.15) is 49.7 Å². The summed E-state index contributed by atoms with van der Waals surface area (Å²) in [7, 11) is 0. The lowest BCUT2D eigenvalue weighted by atomic mass is 9.98. The van der Waals surface area contributed by atoms with Crippen molar-refractivity contribution >= 4 is 18.0 Å². The number of nitrogens with one attached hydrogen (secondary N) is 2. The molecule has 0 saturated carbocycles. The van der Waals surface area contributed by atoms with E-state index in [9.17, 15) is 14.4 Å². The van der Waals surface area contributed by atoms with E-state index >= 15 is 0 Å². The highest BCUT2D eigenvalue weighted by molar-refractivity contribution is 5.80. The number of aliphatic carboxylic acids is 1. The number of carboxylic acid groups (broad SMARTS) is 1. The minimum absolute atomic E-state index is 0.0141.